The van der Waals surface area contributed by atoms with E-state index in [1.165, 1.54) is 11.1 Å². The smallest absolute Gasteiger partial charge is 0.163 e. The minimum atomic E-state index is 0.509. The molecule has 0 amide bonds. The van der Waals surface area contributed by atoms with Gasteiger partial charge in [-0.2, -0.15) is 0 Å². The Morgan fingerprint density at radius 3 is 2.14 bits per heavy atom. The van der Waals surface area contributed by atoms with Crippen LogP contribution in [-0.2, 0) is 0 Å². The van der Waals surface area contributed by atoms with Crippen molar-refractivity contribution in [1.29, 1.82) is 0 Å². The maximum absolute atomic E-state index is 5.33. The lowest BCUT2D eigenvalue weighted by Crippen LogP contribution is -1.98. The van der Waals surface area contributed by atoms with Gasteiger partial charge < -0.3 is 9.47 Å². The molecule has 0 aliphatic heterocycles. The van der Waals surface area contributed by atoms with Gasteiger partial charge in [-0.1, -0.05) is 19.9 Å². The van der Waals surface area contributed by atoms with Gasteiger partial charge in [-0.25, -0.2) is 0 Å². The van der Waals surface area contributed by atoms with Crippen molar-refractivity contribution in [2.75, 3.05) is 14.2 Å². The van der Waals surface area contributed by atoms with Gasteiger partial charge >= 0.3 is 0 Å². The molecule has 14 heavy (non-hydrogen) atoms. The molecule has 0 bridgehead atoms. The Balaban J connectivity index is 3.27. The summed E-state index contributed by atoms with van der Waals surface area (Å²) in [6.07, 6.45) is 0. The van der Waals surface area contributed by atoms with Gasteiger partial charge in [-0.05, 0) is 30.0 Å². The van der Waals surface area contributed by atoms with Gasteiger partial charge in [0.2, 0.25) is 0 Å². The third-order valence-electron chi connectivity index (χ3n) is 2.46. The molecule has 0 unspecified atom stereocenters. The zero-order valence-corrected chi connectivity index (χ0v) is 9.55. The lowest BCUT2D eigenvalue weighted by Gasteiger charge is -2.16. The molecule has 0 spiro atoms. The van der Waals surface area contributed by atoms with Crippen molar-refractivity contribution >= 4 is 0 Å². The summed E-state index contributed by atoms with van der Waals surface area (Å²) in [7, 11) is 3.33. The second-order valence-corrected chi connectivity index (χ2v) is 3.67. The first-order valence-corrected chi connectivity index (χ1v) is 4.83. The van der Waals surface area contributed by atoms with Crippen molar-refractivity contribution in [2.45, 2.75) is 26.7 Å². The van der Waals surface area contributed by atoms with E-state index in [1.807, 2.05) is 6.07 Å². The number of methoxy groups -OCH3 is 2. The number of ether oxygens (including phenoxy) is 2. The third-order valence-corrected chi connectivity index (χ3v) is 2.46. The fraction of sp³-hybridized carbons (Fsp3) is 0.500. The van der Waals surface area contributed by atoms with Crippen LogP contribution in [0.25, 0.3) is 0 Å². The molecule has 2 heteroatoms. The molecule has 0 saturated heterocycles. The summed E-state index contributed by atoms with van der Waals surface area (Å²) in [4.78, 5) is 0. The van der Waals surface area contributed by atoms with Crippen LogP contribution in [-0.4, -0.2) is 14.2 Å². The Kier molecular flexibility index (Phi) is 3.39. The first-order valence-electron chi connectivity index (χ1n) is 4.83. The molecule has 0 aromatic heterocycles. The predicted molar refractivity (Wildman–Crippen MR) is 58.4 cm³/mol. The standard InChI is InChI=1S/C12H18O2/c1-8(2)10-6-7-11(13-4)12(14-5)9(10)3/h6-8H,1-5H3. The monoisotopic (exact) mass is 194 g/mol. The number of rotatable bonds is 3. The Labute approximate surface area is 85.8 Å². The zero-order valence-electron chi connectivity index (χ0n) is 9.55. The van der Waals surface area contributed by atoms with E-state index in [4.69, 9.17) is 9.47 Å². The average Bonchev–Trinajstić information content (AvgIpc) is 2.16. The van der Waals surface area contributed by atoms with Crippen molar-refractivity contribution in [3.63, 3.8) is 0 Å². The molecule has 0 N–H and O–H groups in total. The van der Waals surface area contributed by atoms with E-state index in [9.17, 15) is 0 Å². The first-order chi connectivity index (χ1) is 6.61. The summed E-state index contributed by atoms with van der Waals surface area (Å²) >= 11 is 0. The minimum Gasteiger partial charge on any atom is -0.493 e. The Hall–Kier alpha value is -1.18. The highest BCUT2D eigenvalue weighted by atomic mass is 16.5. The minimum absolute atomic E-state index is 0.509. The van der Waals surface area contributed by atoms with Gasteiger partial charge in [-0.3, -0.25) is 0 Å². The molecule has 1 aromatic rings. The number of benzene rings is 1. The lowest BCUT2D eigenvalue weighted by molar-refractivity contribution is 0.352. The van der Waals surface area contributed by atoms with Gasteiger partial charge in [-0.15, -0.1) is 0 Å². The van der Waals surface area contributed by atoms with Crippen LogP contribution in [0.15, 0.2) is 12.1 Å². The van der Waals surface area contributed by atoms with Crippen LogP contribution in [0.5, 0.6) is 11.5 Å². The van der Waals surface area contributed by atoms with Crippen LogP contribution in [0.2, 0.25) is 0 Å². The molecular formula is C12H18O2. The molecule has 0 saturated carbocycles. The molecule has 0 atom stereocenters. The van der Waals surface area contributed by atoms with Gasteiger partial charge in [0.05, 0.1) is 14.2 Å². The predicted octanol–water partition coefficient (Wildman–Crippen LogP) is 3.14. The Morgan fingerprint density at radius 1 is 1.07 bits per heavy atom. The molecule has 0 fully saturated rings. The normalized spacial score (nSPS) is 10.4. The van der Waals surface area contributed by atoms with E-state index in [0.29, 0.717) is 5.92 Å². The molecular weight excluding hydrogens is 176 g/mol. The Bertz CT molecular complexity index is 316. The summed E-state index contributed by atoms with van der Waals surface area (Å²) in [6.45, 7) is 6.42. The fourth-order valence-corrected chi connectivity index (χ4v) is 1.72. The van der Waals surface area contributed by atoms with E-state index in [1.54, 1.807) is 14.2 Å². The van der Waals surface area contributed by atoms with E-state index < -0.39 is 0 Å². The second-order valence-electron chi connectivity index (χ2n) is 3.67. The molecule has 78 valence electrons. The third kappa shape index (κ3) is 1.84. The summed E-state index contributed by atoms with van der Waals surface area (Å²) in [5.41, 5.74) is 2.48. The largest absolute Gasteiger partial charge is 0.493 e. The van der Waals surface area contributed by atoms with E-state index in [2.05, 4.69) is 26.8 Å². The van der Waals surface area contributed by atoms with Gasteiger partial charge in [0.25, 0.3) is 0 Å². The summed E-state index contributed by atoms with van der Waals surface area (Å²) in [5, 5.41) is 0. The number of hydrogen-bond acceptors (Lipinski definition) is 2. The van der Waals surface area contributed by atoms with Crippen LogP contribution < -0.4 is 9.47 Å². The number of hydrogen-bond donors (Lipinski definition) is 0. The van der Waals surface area contributed by atoms with E-state index in [0.717, 1.165) is 11.5 Å². The van der Waals surface area contributed by atoms with E-state index in [-0.39, 0.29) is 0 Å². The topological polar surface area (TPSA) is 18.5 Å². The molecule has 0 aliphatic rings. The van der Waals surface area contributed by atoms with Crippen molar-refractivity contribution in [3.05, 3.63) is 23.3 Å². The summed E-state index contributed by atoms with van der Waals surface area (Å²) in [6, 6.07) is 4.06. The van der Waals surface area contributed by atoms with Crippen LogP contribution in [0.4, 0.5) is 0 Å². The molecule has 2 nitrogen and oxygen atoms in total. The molecule has 1 rings (SSSR count). The zero-order chi connectivity index (χ0) is 10.7. The fourth-order valence-electron chi connectivity index (χ4n) is 1.72. The molecule has 1 aromatic carbocycles. The first kappa shape index (κ1) is 10.9. The summed E-state index contributed by atoms with van der Waals surface area (Å²) < 4.78 is 10.6. The van der Waals surface area contributed by atoms with Crippen molar-refractivity contribution in [2.24, 2.45) is 0 Å². The van der Waals surface area contributed by atoms with Gasteiger partial charge in [0.15, 0.2) is 11.5 Å². The highest BCUT2D eigenvalue weighted by Gasteiger charge is 2.12. The van der Waals surface area contributed by atoms with Crippen LogP contribution in [0.1, 0.15) is 30.9 Å². The van der Waals surface area contributed by atoms with Gasteiger partial charge in [0.1, 0.15) is 0 Å². The second kappa shape index (κ2) is 4.36. The average molecular weight is 194 g/mol. The highest BCUT2D eigenvalue weighted by molar-refractivity contribution is 5.50. The van der Waals surface area contributed by atoms with Crippen molar-refractivity contribution in [3.8, 4) is 11.5 Å². The highest BCUT2D eigenvalue weighted by Crippen LogP contribution is 2.35. The van der Waals surface area contributed by atoms with Crippen molar-refractivity contribution in [1.82, 2.24) is 0 Å². The summed E-state index contributed by atoms with van der Waals surface area (Å²) in [5.74, 6) is 2.16. The molecule has 0 aliphatic carbocycles. The Morgan fingerprint density at radius 2 is 1.71 bits per heavy atom. The quantitative estimate of drug-likeness (QED) is 0.736. The van der Waals surface area contributed by atoms with Gasteiger partial charge in [0, 0.05) is 0 Å². The van der Waals surface area contributed by atoms with Crippen LogP contribution in [0, 0.1) is 6.92 Å². The maximum atomic E-state index is 5.33. The molecule has 0 heterocycles. The molecule has 0 radical (unpaired) electrons. The maximum Gasteiger partial charge on any atom is 0.163 e. The van der Waals surface area contributed by atoms with Crippen molar-refractivity contribution < 1.29 is 9.47 Å². The van der Waals surface area contributed by atoms with Crippen LogP contribution >= 0.6 is 0 Å². The van der Waals surface area contributed by atoms with Crippen LogP contribution in [0.3, 0.4) is 0 Å². The lowest BCUT2D eigenvalue weighted by atomic mass is 9.97. The van der Waals surface area contributed by atoms with E-state index >= 15 is 0 Å². The SMILES string of the molecule is COc1ccc(C(C)C)c(C)c1OC.